The van der Waals surface area contributed by atoms with Crippen LogP contribution in [0.3, 0.4) is 0 Å². The Morgan fingerprint density at radius 2 is 1.83 bits per heavy atom. The second kappa shape index (κ2) is 14.1. The van der Waals surface area contributed by atoms with Crippen molar-refractivity contribution in [1.29, 1.82) is 0 Å². The maximum Gasteiger partial charge on any atom is 1.00 e. The van der Waals surface area contributed by atoms with Crippen molar-refractivity contribution in [2.24, 2.45) is 5.73 Å². The molecule has 0 fully saturated rings. The Labute approximate surface area is 105 Å². The van der Waals surface area contributed by atoms with E-state index in [1.807, 2.05) is 0 Å². The molecule has 0 spiro atoms. The maximum absolute atomic E-state index is 9.84. The van der Waals surface area contributed by atoms with Gasteiger partial charge in [0, 0.05) is 6.54 Å². The molecule has 0 aliphatic heterocycles. The number of rotatable bonds is 2. The summed E-state index contributed by atoms with van der Waals surface area (Å²) in [6, 6.07) is 0. The Morgan fingerprint density at radius 3 is 1.92 bits per heavy atom. The van der Waals surface area contributed by atoms with Gasteiger partial charge in [-0.15, -0.1) is 0 Å². The smallest absolute Gasteiger partial charge is 1.00 e. The van der Waals surface area contributed by atoms with E-state index in [0.29, 0.717) is 0 Å². The van der Waals surface area contributed by atoms with E-state index < -0.39 is 10.5 Å². The summed E-state index contributed by atoms with van der Waals surface area (Å²) in [5.74, 6) is 0. The number of nitrogens with two attached hydrogens (primary N) is 1. The summed E-state index contributed by atoms with van der Waals surface area (Å²) in [7, 11) is 0. The van der Waals surface area contributed by atoms with Crippen LogP contribution in [0.2, 0.25) is 0 Å². The van der Waals surface area contributed by atoms with Gasteiger partial charge in [0.05, 0.1) is 6.61 Å². The zero-order valence-electron chi connectivity index (χ0n) is 7.65. The van der Waals surface area contributed by atoms with Crippen molar-refractivity contribution < 1.29 is 45.7 Å². The van der Waals surface area contributed by atoms with Gasteiger partial charge < -0.3 is 17.6 Å². The summed E-state index contributed by atoms with van der Waals surface area (Å²) in [4.78, 5) is 18.9. The van der Waals surface area contributed by atoms with Gasteiger partial charge in [0.1, 0.15) is 0 Å². The number of nitrogens with one attached hydrogen (secondary N) is 1. The molecule has 5 nitrogen and oxygen atoms in total. The molecule has 0 aromatic carbocycles. The predicted octanol–water partition coefficient (Wildman–Crippen LogP) is -3.27. The van der Waals surface area contributed by atoms with Gasteiger partial charge in [-0.3, -0.25) is 9.59 Å². The SMILES string of the molecule is NC(=O)S.O=C(S)NCCO.[H-].[Na+]. The zero-order chi connectivity index (χ0) is 9.28. The summed E-state index contributed by atoms with van der Waals surface area (Å²) >= 11 is 6.48. The van der Waals surface area contributed by atoms with Crippen molar-refractivity contribution in [1.82, 2.24) is 5.32 Å². The molecule has 0 aromatic rings. The zero-order valence-corrected chi connectivity index (χ0v) is 10.4. The average molecular weight is 222 g/mol. The normalized spacial score (nSPS) is 6.92. The summed E-state index contributed by atoms with van der Waals surface area (Å²) in [5, 5.41) is 9.29. The Balaban J connectivity index is -0.0000000600. The standard InChI is InChI=1S/C3H7NO2S.CH3NOS.Na.H/c5-2-1-4-3(6)7;2-1(3)4;;/h5H,1-2H2,(H2,4,6,7);(H3,2,3,4);;/q;;+1;-1. The summed E-state index contributed by atoms with van der Waals surface area (Å²) in [6.45, 7) is 0.245. The van der Waals surface area contributed by atoms with Gasteiger partial charge in [-0.1, -0.05) is 25.3 Å². The monoisotopic (exact) mass is 222 g/mol. The summed E-state index contributed by atoms with van der Waals surface area (Å²) in [5.41, 5.74) is 4.34. The number of carbonyl (C=O) groups excluding carboxylic acids is 2. The predicted molar refractivity (Wildman–Crippen MR) is 49.2 cm³/mol. The van der Waals surface area contributed by atoms with E-state index in [2.05, 4.69) is 36.3 Å². The van der Waals surface area contributed by atoms with Crippen LogP contribution in [0.1, 0.15) is 1.43 Å². The van der Waals surface area contributed by atoms with Gasteiger partial charge in [0.25, 0.3) is 10.5 Å². The van der Waals surface area contributed by atoms with Crippen molar-refractivity contribution in [2.75, 3.05) is 13.2 Å². The molecule has 0 rings (SSSR count). The number of thiol groups is 2. The number of aliphatic hydroxyl groups excluding tert-OH is 1. The van der Waals surface area contributed by atoms with Crippen molar-refractivity contribution in [3.8, 4) is 0 Å². The fraction of sp³-hybridized carbons (Fsp3) is 0.500. The van der Waals surface area contributed by atoms with Crippen molar-refractivity contribution >= 4 is 35.7 Å². The minimum atomic E-state index is -0.639. The van der Waals surface area contributed by atoms with E-state index in [1.54, 1.807) is 0 Å². The fourth-order valence-electron chi connectivity index (χ4n) is 0.163. The first-order valence-electron chi connectivity index (χ1n) is 2.56. The molecule has 4 N–H and O–H groups in total. The van der Waals surface area contributed by atoms with E-state index in [9.17, 15) is 4.79 Å². The minimum absolute atomic E-state index is 0. The molecule has 0 bridgehead atoms. The first-order valence-corrected chi connectivity index (χ1v) is 3.46. The van der Waals surface area contributed by atoms with Crippen LogP contribution in [0.25, 0.3) is 0 Å². The van der Waals surface area contributed by atoms with Crippen LogP contribution in [0.15, 0.2) is 0 Å². The molecule has 68 valence electrons. The molecule has 0 saturated heterocycles. The Hall–Kier alpha value is 0.600. The molecule has 0 unspecified atom stereocenters. The van der Waals surface area contributed by atoms with E-state index in [4.69, 9.17) is 9.90 Å². The first-order chi connectivity index (χ1) is 5.00. The second-order valence-electron chi connectivity index (χ2n) is 1.29. The van der Waals surface area contributed by atoms with Gasteiger partial charge in [-0.25, -0.2) is 0 Å². The third-order valence-corrected chi connectivity index (χ3v) is 0.546. The maximum atomic E-state index is 9.84. The third-order valence-electron chi connectivity index (χ3n) is 0.388. The molecular formula is C4H11N2NaO3S2. The molecular weight excluding hydrogens is 211 g/mol. The molecule has 0 radical (unpaired) electrons. The average Bonchev–Trinajstić information content (AvgIpc) is 1.82. The van der Waals surface area contributed by atoms with E-state index in [-0.39, 0.29) is 44.1 Å². The van der Waals surface area contributed by atoms with Gasteiger partial charge in [-0.2, -0.15) is 0 Å². The summed E-state index contributed by atoms with van der Waals surface area (Å²) < 4.78 is 0. The number of hydrogen-bond acceptors (Lipinski definition) is 3. The van der Waals surface area contributed by atoms with Crippen molar-refractivity contribution in [2.45, 2.75) is 0 Å². The second-order valence-corrected chi connectivity index (χ2v) is 2.14. The molecule has 0 heterocycles. The molecule has 8 heteroatoms. The fourth-order valence-corrected chi connectivity index (χ4v) is 0.275. The number of aliphatic hydroxyl groups is 1. The first kappa shape index (κ1) is 18.4. The molecule has 0 saturated carbocycles. The molecule has 0 aliphatic carbocycles. The molecule has 12 heavy (non-hydrogen) atoms. The quantitative estimate of drug-likeness (QED) is 0.251. The molecule has 0 atom stereocenters. The third kappa shape index (κ3) is 46.2. The van der Waals surface area contributed by atoms with Crippen LogP contribution in [0.4, 0.5) is 9.59 Å². The molecule has 0 aromatic heterocycles. The van der Waals surface area contributed by atoms with Crippen LogP contribution in [0, 0.1) is 0 Å². The largest absolute Gasteiger partial charge is 1.00 e. The Morgan fingerprint density at radius 1 is 1.50 bits per heavy atom. The van der Waals surface area contributed by atoms with Gasteiger partial charge in [0.2, 0.25) is 0 Å². The van der Waals surface area contributed by atoms with E-state index in [0.717, 1.165) is 0 Å². The van der Waals surface area contributed by atoms with Crippen LogP contribution in [0.5, 0.6) is 0 Å². The van der Waals surface area contributed by atoms with Crippen LogP contribution in [-0.4, -0.2) is 28.7 Å². The minimum Gasteiger partial charge on any atom is -1.00 e. The van der Waals surface area contributed by atoms with E-state index in [1.165, 1.54) is 0 Å². The van der Waals surface area contributed by atoms with Crippen molar-refractivity contribution in [3.05, 3.63) is 0 Å². The van der Waals surface area contributed by atoms with Crippen LogP contribution < -0.4 is 40.6 Å². The molecule has 2 amide bonds. The number of amides is 2. The number of hydrogen-bond donors (Lipinski definition) is 5. The van der Waals surface area contributed by atoms with Gasteiger partial charge >= 0.3 is 29.6 Å². The topological polar surface area (TPSA) is 92.4 Å². The van der Waals surface area contributed by atoms with Crippen molar-refractivity contribution in [3.63, 3.8) is 0 Å². The Kier molecular flexibility index (Phi) is 21.7. The Bertz CT molecular complexity index is 137. The van der Waals surface area contributed by atoms with Crippen LogP contribution >= 0.6 is 25.3 Å². The van der Waals surface area contributed by atoms with Gasteiger partial charge in [-0.05, 0) is 0 Å². The summed E-state index contributed by atoms with van der Waals surface area (Å²) in [6.07, 6.45) is 0. The van der Waals surface area contributed by atoms with Gasteiger partial charge in [0.15, 0.2) is 0 Å². The number of primary amides is 1. The van der Waals surface area contributed by atoms with Crippen LogP contribution in [-0.2, 0) is 0 Å². The van der Waals surface area contributed by atoms with E-state index >= 15 is 0 Å². The number of carbonyl (C=O) groups is 2. The molecule has 0 aliphatic rings.